The number of ether oxygens (including phenoxy) is 2. The second-order valence-corrected chi connectivity index (χ2v) is 9.79. The third-order valence-corrected chi connectivity index (χ3v) is 6.97. The van der Waals surface area contributed by atoms with Crippen LogP contribution in [0, 0.1) is 13.8 Å². The number of anilines is 3. The van der Waals surface area contributed by atoms with Crippen LogP contribution in [0.1, 0.15) is 41.6 Å². The summed E-state index contributed by atoms with van der Waals surface area (Å²) in [5.74, 6) is 0.440. The van der Waals surface area contributed by atoms with Crippen molar-refractivity contribution in [2.24, 2.45) is 0 Å². The lowest BCUT2D eigenvalue weighted by Crippen LogP contribution is -2.34. The number of nitrogens with two attached hydrogens (primary N) is 1. The zero-order valence-corrected chi connectivity index (χ0v) is 22.6. The van der Waals surface area contributed by atoms with Gasteiger partial charge in [-0.05, 0) is 50.6 Å². The van der Waals surface area contributed by atoms with Gasteiger partial charge in [-0.3, -0.25) is 0 Å². The van der Waals surface area contributed by atoms with Crippen molar-refractivity contribution in [1.29, 1.82) is 0 Å². The molecule has 1 atom stereocenters. The van der Waals surface area contributed by atoms with E-state index < -0.39 is 12.5 Å². The van der Waals surface area contributed by atoms with Crippen LogP contribution in [0.3, 0.4) is 0 Å². The van der Waals surface area contributed by atoms with Crippen LogP contribution in [-0.2, 0) is 23.7 Å². The number of rotatable bonds is 8. The third kappa shape index (κ3) is 5.16. The minimum Gasteiger partial charge on any atom is -0.495 e. The summed E-state index contributed by atoms with van der Waals surface area (Å²) in [5, 5.41) is 12.7. The Morgan fingerprint density at radius 2 is 1.87 bits per heavy atom. The minimum absolute atomic E-state index is 0.197. The number of aromatic nitrogens is 5. The Labute approximate surface area is 225 Å². The van der Waals surface area contributed by atoms with Crippen LogP contribution in [0.5, 0.6) is 5.75 Å². The monoisotopic (exact) mass is 538 g/mol. The van der Waals surface area contributed by atoms with E-state index in [1.807, 2.05) is 26.0 Å². The molecule has 2 aromatic carbocycles. The third-order valence-electron chi connectivity index (χ3n) is 6.97. The number of nitrogens with zero attached hydrogens (tertiary/aromatic N) is 6. The predicted octanol–water partition coefficient (Wildman–Crippen LogP) is 4.36. The highest BCUT2D eigenvalue weighted by atomic mass is 19.3. The van der Waals surface area contributed by atoms with Gasteiger partial charge in [-0.1, -0.05) is 0 Å². The van der Waals surface area contributed by atoms with Gasteiger partial charge in [0.25, 0.3) is 5.92 Å². The molecular weight excluding hydrogens is 506 g/mol. The number of fused-ring (bicyclic) bond motifs is 2. The van der Waals surface area contributed by atoms with Crippen molar-refractivity contribution in [1.82, 2.24) is 24.7 Å². The van der Waals surface area contributed by atoms with Crippen LogP contribution in [0.25, 0.3) is 10.9 Å². The lowest BCUT2D eigenvalue weighted by Gasteiger charge is -2.31. The topological polar surface area (TPSA) is 116 Å². The zero-order chi connectivity index (χ0) is 27.9. The van der Waals surface area contributed by atoms with E-state index in [1.165, 1.54) is 19.2 Å². The van der Waals surface area contributed by atoms with E-state index in [9.17, 15) is 8.78 Å². The maximum atomic E-state index is 14.6. The Hall–Kier alpha value is -4.06. The van der Waals surface area contributed by atoms with Gasteiger partial charge < -0.3 is 30.0 Å². The fourth-order valence-corrected chi connectivity index (χ4v) is 4.98. The van der Waals surface area contributed by atoms with Gasteiger partial charge in [-0.25, -0.2) is 9.97 Å². The first-order valence-corrected chi connectivity index (χ1v) is 12.6. The predicted molar refractivity (Wildman–Crippen MR) is 145 cm³/mol. The molecule has 12 heteroatoms. The molecule has 0 fully saturated rings. The van der Waals surface area contributed by atoms with E-state index in [0.717, 1.165) is 35.8 Å². The van der Waals surface area contributed by atoms with E-state index in [-0.39, 0.29) is 17.3 Å². The maximum Gasteiger partial charge on any atom is 0.296 e. The maximum absolute atomic E-state index is 14.6. The van der Waals surface area contributed by atoms with Crippen LogP contribution in [0.15, 0.2) is 30.3 Å². The quantitative estimate of drug-likeness (QED) is 0.316. The Morgan fingerprint density at radius 1 is 1.08 bits per heavy atom. The van der Waals surface area contributed by atoms with Gasteiger partial charge in [0.2, 0.25) is 0 Å². The normalized spacial score (nSPS) is 14.4. The summed E-state index contributed by atoms with van der Waals surface area (Å²) in [4.78, 5) is 11.5. The molecule has 0 amide bonds. The number of nitrogen functional groups attached to an aromatic ring is 1. The molecule has 3 N–H and O–H groups in total. The summed E-state index contributed by atoms with van der Waals surface area (Å²) in [6.07, 6.45) is 0. The first-order chi connectivity index (χ1) is 18.6. The fourth-order valence-electron chi connectivity index (χ4n) is 4.98. The second kappa shape index (κ2) is 10.3. The van der Waals surface area contributed by atoms with Crippen LogP contribution in [-0.4, -0.2) is 52.1 Å². The molecule has 0 bridgehead atoms. The van der Waals surface area contributed by atoms with Gasteiger partial charge in [0, 0.05) is 42.9 Å². The SMILES string of the molecule is COCC(F)(F)c1cc(N)cc([C@@H](C)Nc2nc(C)nc3cc(OC)c(N4CCn5c(C)nnc5C4)cc23)c1. The Kier molecular flexibility index (Phi) is 6.98. The van der Waals surface area contributed by atoms with Gasteiger partial charge in [-0.2, -0.15) is 8.78 Å². The van der Waals surface area contributed by atoms with E-state index in [4.69, 9.17) is 15.2 Å². The molecule has 1 aliphatic heterocycles. The molecule has 0 aliphatic carbocycles. The average Bonchev–Trinajstić information content (AvgIpc) is 3.27. The van der Waals surface area contributed by atoms with Crippen molar-refractivity contribution >= 4 is 28.1 Å². The lowest BCUT2D eigenvalue weighted by atomic mass is 10.00. The van der Waals surface area contributed by atoms with E-state index >= 15 is 0 Å². The molecule has 5 rings (SSSR count). The summed E-state index contributed by atoms with van der Waals surface area (Å²) in [7, 11) is 2.88. The standard InChI is InChI=1S/C27H32F2N8O2/c1-15(18-8-19(10-20(30)9-18)27(28,29)14-38-4)31-26-21-11-23(24(39-5)12-22(21)32-16(2)33-26)36-6-7-37-17(3)34-35-25(37)13-36/h8-12,15H,6-7,13-14,30H2,1-5H3,(H,31,32,33)/t15-/m1/s1. The number of nitrogens with one attached hydrogen (secondary N) is 1. The Bertz CT molecular complexity index is 1520. The van der Waals surface area contributed by atoms with Crippen molar-refractivity contribution in [3.05, 3.63) is 58.9 Å². The summed E-state index contributed by atoms with van der Waals surface area (Å²) >= 11 is 0. The summed E-state index contributed by atoms with van der Waals surface area (Å²) < 4.78 is 41.8. The van der Waals surface area contributed by atoms with E-state index in [2.05, 4.69) is 34.9 Å². The van der Waals surface area contributed by atoms with Crippen LogP contribution in [0.2, 0.25) is 0 Å². The fraction of sp³-hybridized carbons (Fsp3) is 0.407. The van der Waals surface area contributed by atoms with Crippen LogP contribution >= 0.6 is 0 Å². The van der Waals surface area contributed by atoms with Crippen molar-refractivity contribution in [2.75, 3.05) is 43.3 Å². The molecule has 4 aromatic rings. The second-order valence-electron chi connectivity index (χ2n) is 9.79. The molecule has 0 saturated carbocycles. The largest absolute Gasteiger partial charge is 0.495 e. The van der Waals surface area contributed by atoms with Crippen molar-refractivity contribution < 1.29 is 18.3 Å². The number of hydrogen-bond acceptors (Lipinski definition) is 9. The molecule has 1 aliphatic rings. The van der Waals surface area contributed by atoms with Gasteiger partial charge >= 0.3 is 0 Å². The Balaban J connectivity index is 1.52. The summed E-state index contributed by atoms with van der Waals surface area (Å²) in [5.41, 5.74) is 8.24. The number of benzene rings is 2. The molecule has 0 unspecified atom stereocenters. The molecule has 2 aromatic heterocycles. The zero-order valence-electron chi connectivity index (χ0n) is 22.6. The molecule has 0 saturated heterocycles. The van der Waals surface area contributed by atoms with Crippen molar-refractivity contribution in [3.63, 3.8) is 0 Å². The van der Waals surface area contributed by atoms with Gasteiger partial charge in [0.15, 0.2) is 5.82 Å². The van der Waals surface area contributed by atoms with Crippen molar-refractivity contribution in [3.8, 4) is 5.75 Å². The van der Waals surface area contributed by atoms with Gasteiger partial charge in [0.1, 0.15) is 29.8 Å². The van der Waals surface area contributed by atoms with Gasteiger partial charge in [0.05, 0.1) is 30.9 Å². The van der Waals surface area contributed by atoms with Crippen LogP contribution in [0.4, 0.5) is 26.0 Å². The molecule has 0 spiro atoms. The number of methoxy groups -OCH3 is 2. The molecule has 0 radical (unpaired) electrons. The van der Waals surface area contributed by atoms with E-state index in [1.54, 1.807) is 20.1 Å². The van der Waals surface area contributed by atoms with Crippen molar-refractivity contribution in [2.45, 2.75) is 45.8 Å². The van der Waals surface area contributed by atoms with Gasteiger partial charge in [-0.15, -0.1) is 10.2 Å². The highest BCUT2D eigenvalue weighted by Crippen LogP contribution is 2.38. The first kappa shape index (κ1) is 26.5. The highest BCUT2D eigenvalue weighted by Gasteiger charge is 2.32. The number of hydrogen-bond donors (Lipinski definition) is 2. The number of halogens is 2. The number of aryl methyl sites for hydroxylation is 2. The average molecular weight is 539 g/mol. The lowest BCUT2D eigenvalue weighted by molar-refractivity contribution is -0.0698. The molecule has 3 heterocycles. The molecule has 39 heavy (non-hydrogen) atoms. The minimum atomic E-state index is -3.17. The van der Waals surface area contributed by atoms with E-state index in [0.29, 0.717) is 35.0 Å². The molecular formula is C27H32F2N8O2. The smallest absolute Gasteiger partial charge is 0.296 e. The summed E-state index contributed by atoms with van der Waals surface area (Å²) in [6, 6.07) is 7.91. The first-order valence-electron chi connectivity index (χ1n) is 12.6. The number of alkyl halides is 2. The summed E-state index contributed by atoms with van der Waals surface area (Å²) in [6.45, 7) is 6.99. The molecule has 206 valence electrons. The Morgan fingerprint density at radius 3 is 2.62 bits per heavy atom. The molecule has 10 nitrogen and oxygen atoms in total. The van der Waals surface area contributed by atoms with Crippen LogP contribution < -0.4 is 20.7 Å². The highest BCUT2D eigenvalue weighted by molar-refractivity contribution is 5.94.